The number of cyclic esters (lactones) is 2. The summed E-state index contributed by atoms with van der Waals surface area (Å²) in [6, 6.07) is 13.3. The molecule has 0 amide bonds. The smallest absolute Gasteiger partial charge is 0.352 e. The Morgan fingerprint density at radius 2 is 1.59 bits per heavy atom. The highest BCUT2D eigenvalue weighted by Gasteiger charge is 2.39. The molecule has 1 fully saturated rings. The quantitative estimate of drug-likeness (QED) is 0.369. The fourth-order valence-electron chi connectivity index (χ4n) is 2.12. The topological polar surface area (TPSA) is 61.8 Å². The van der Waals surface area contributed by atoms with E-state index in [-0.39, 0.29) is 5.57 Å². The van der Waals surface area contributed by atoms with E-state index in [4.69, 9.17) is 14.2 Å². The summed E-state index contributed by atoms with van der Waals surface area (Å²) >= 11 is 0. The van der Waals surface area contributed by atoms with Crippen molar-refractivity contribution in [3.8, 4) is 5.75 Å². The van der Waals surface area contributed by atoms with Crippen LogP contribution in [0.15, 0.2) is 54.3 Å². The average molecular weight is 298 g/mol. The first-order chi connectivity index (χ1) is 10.4. The first kappa shape index (κ1) is 14.1. The number of benzene rings is 2. The van der Waals surface area contributed by atoms with E-state index in [1.807, 2.05) is 36.4 Å². The molecule has 0 spiro atoms. The second-order valence-electron chi connectivity index (χ2n) is 5.34. The largest absolute Gasteiger partial charge is 0.464 e. The average Bonchev–Trinajstić information content (AvgIpc) is 2.45. The molecule has 0 aliphatic carbocycles. The maximum atomic E-state index is 11.8. The van der Waals surface area contributed by atoms with Gasteiger partial charge in [0.1, 0.15) is 12.0 Å². The zero-order valence-electron chi connectivity index (χ0n) is 12.2. The third-order valence-electron chi connectivity index (χ3n) is 3.15. The predicted molar refractivity (Wildman–Crippen MR) is 78.9 cm³/mol. The van der Waals surface area contributed by atoms with Gasteiger partial charge in [0.05, 0.1) is 0 Å². The molecule has 5 nitrogen and oxygen atoms in total. The van der Waals surface area contributed by atoms with E-state index in [2.05, 4.69) is 0 Å². The molecule has 0 saturated carbocycles. The van der Waals surface area contributed by atoms with Gasteiger partial charge in [0.2, 0.25) is 0 Å². The van der Waals surface area contributed by atoms with Crippen molar-refractivity contribution >= 4 is 22.7 Å². The number of ether oxygens (including phenoxy) is 3. The Kier molecular flexibility index (Phi) is 3.33. The zero-order chi connectivity index (χ0) is 15.7. The van der Waals surface area contributed by atoms with E-state index in [0.717, 1.165) is 17.0 Å². The van der Waals surface area contributed by atoms with E-state index in [1.54, 1.807) is 6.07 Å². The van der Waals surface area contributed by atoms with Gasteiger partial charge in [-0.25, -0.2) is 9.59 Å². The molecule has 3 rings (SSSR count). The van der Waals surface area contributed by atoms with Gasteiger partial charge >= 0.3 is 11.9 Å². The van der Waals surface area contributed by atoms with Crippen molar-refractivity contribution in [2.75, 3.05) is 0 Å². The highest BCUT2D eigenvalue weighted by Crippen LogP contribution is 2.24. The van der Waals surface area contributed by atoms with E-state index in [1.165, 1.54) is 13.8 Å². The molecule has 1 aliphatic rings. The van der Waals surface area contributed by atoms with Crippen LogP contribution in [-0.4, -0.2) is 17.7 Å². The number of hydrogen-bond donors (Lipinski definition) is 0. The van der Waals surface area contributed by atoms with Crippen LogP contribution in [0.5, 0.6) is 5.75 Å². The maximum Gasteiger partial charge on any atom is 0.352 e. The number of rotatable bonds is 2. The molecule has 0 bridgehead atoms. The molecule has 2 aromatic carbocycles. The van der Waals surface area contributed by atoms with Crippen molar-refractivity contribution in [1.29, 1.82) is 0 Å². The minimum atomic E-state index is -1.26. The molecule has 5 heteroatoms. The lowest BCUT2D eigenvalue weighted by Gasteiger charge is -2.29. The molecule has 1 saturated heterocycles. The van der Waals surface area contributed by atoms with Crippen molar-refractivity contribution in [2.45, 2.75) is 19.6 Å². The van der Waals surface area contributed by atoms with Gasteiger partial charge in [-0.3, -0.25) is 0 Å². The number of fused-ring (bicyclic) bond motifs is 1. The summed E-state index contributed by atoms with van der Waals surface area (Å²) in [5.74, 6) is -2.27. The molecule has 0 atom stereocenters. The van der Waals surface area contributed by atoms with Crippen LogP contribution >= 0.6 is 0 Å². The van der Waals surface area contributed by atoms with Crippen LogP contribution < -0.4 is 4.74 Å². The van der Waals surface area contributed by atoms with Crippen molar-refractivity contribution in [2.24, 2.45) is 0 Å². The molecular formula is C17H14O5. The Bertz CT molecular complexity index is 766. The van der Waals surface area contributed by atoms with Crippen molar-refractivity contribution < 1.29 is 23.8 Å². The molecule has 1 heterocycles. The van der Waals surface area contributed by atoms with Gasteiger partial charge in [-0.1, -0.05) is 30.3 Å². The zero-order valence-corrected chi connectivity index (χ0v) is 12.2. The van der Waals surface area contributed by atoms with E-state index in [9.17, 15) is 9.59 Å². The molecule has 0 aromatic heterocycles. The third-order valence-corrected chi connectivity index (χ3v) is 3.15. The Morgan fingerprint density at radius 1 is 0.955 bits per heavy atom. The molecular weight excluding hydrogens is 284 g/mol. The highest BCUT2D eigenvalue weighted by atomic mass is 16.7. The summed E-state index contributed by atoms with van der Waals surface area (Å²) in [5.41, 5.74) is -0.271. The lowest BCUT2D eigenvalue weighted by molar-refractivity contribution is -0.222. The minimum absolute atomic E-state index is 0.271. The lowest BCUT2D eigenvalue weighted by Crippen LogP contribution is -2.41. The van der Waals surface area contributed by atoms with Gasteiger partial charge in [-0.05, 0) is 22.9 Å². The van der Waals surface area contributed by atoms with Crippen LogP contribution in [0.3, 0.4) is 0 Å². The number of esters is 2. The molecule has 22 heavy (non-hydrogen) atoms. The first-order valence-corrected chi connectivity index (χ1v) is 6.77. The van der Waals surface area contributed by atoms with Crippen molar-refractivity contribution in [1.82, 2.24) is 0 Å². The Morgan fingerprint density at radius 3 is 2.27 bits per heavy atom. The van der Waals surface area contributed by atoms with Gasteiger partial charge in [0, 0.05) is 13.8 Å². The van der Waals surface area contributed by atoms with Crippen LogP contribution in [-0.2, 0) is 19.1 Å². The van der Waals surface area contributed by atoms with Crippen LogP contribution in [0.4, 0.5) is 0 Å². The van der Waals surface area contributed by atoms with E-state index < -0.39 is 17.7 Å². The molecule has 2 aromatic rings. The summed E-state index contributed by atoms with van der Waals surface area (Å²) in [7, 11) is 0. The molecule has 0 radical (unpaired) electrons. The molecule has 112 valence electrons. The second-order valence-corrected chi connectivity index (χ2v) is 5.34. The maximum absolute atomic E-state index is 11.8. The van der Waals surface area contributed by atoms with Crippen LogP contribution in [0.25, 0.3) is 10.8 Å². The standard InChI is InChI=1S/C17H14O5/c1-17(2)21-15(18)14(16(19)22-17)10-20-13-8-7-11-5-3-4-6-12(11)9-13/h3-10H,1-2H3. The van der Waals surface area contributed by atoms with E-state index >= 15 is 0 Å². The van der Waals surface area contributed by atoms with Gasteiger partial charge < -0.3 is 14.2 Å². The Hall–Kier alpha value is -2.82. The summed E-state index contributed by atoms with van der Waals surface area (Å²) in [6.45, 7) is 2.98. The molecule has 1 aliphatic heterocycles. The van der Waals surface area contributed by atoms with Gasteiger partial charge in [0.15, 0.2) is 5.57 Å². The third kappa shape index (κ3) is 2.79. The summed E-state index contributed by atoms with van der Waals surface area (Å²) in [6.07, 6.45) is 1.06. The minimum Gasteiger partial charge on any atom is -0.464 e. The predicted octanol–water partition coefficient (Wildman–Crippen LogP) is 2.94. The second kappa shape index (κ2) is 5.18. The van der Waals surface area contributed by atoms with Gasteiger partial charge in [0.25, 0.3) is 5.79 Å². The molecule has 0 N–H and O–H groups in total. The number of carbonyl (C=O) groups excluding carboxylic acids is 2. The SMILES string of the molecule is CC1(C)OC(=O)C(=COc2ccc3ccccc3c2)C(=O)O1. The Labute approximate surface area is 127 Å². The Balaban J connectivity index is 1.83. The summed E-state index contributed by atoms with van der Waals surface area (Å²) in [5, 5.41) is 2.06. The molecule has 0 unspecified atom stereocenters. The van der Waals surface area contributed by atoms with Crippen molar-refractivity contribution in [3.63, 3.8) is 0 Å². The first-order valence-electron chi connectivity index (χ1n) is 6.77. The summed E-state index contributed by atoms with van der Waals surface area (Å²) in [4.78, 5) is 23.6. The van der Waals surface area contributed by atoms with Gasteiger partial charge in [-0.2, -0.15) is 0 Å². The van der Waals surface area contributed by atoms with Crippen molar-refractivity contribution in [3.05, 3.63) is 54.3 Å². The number of carbonyl (C=O) groups is 2. The highest BCUT2D eigenvalue weighted by molar-refractivity contribution is 6.15. The normalized spacial score (nSPS) is 16.9. The summed E-state index contributed by atoms with van der Waals surface area (Å²) < 4.78 is 15.4. The lowest BCUT2D eigenvalue weighted by atomic mass is 10.1. The fourth-order valence-corrected chi connectivity index (χ4v) is 2.12. The monoisotopic (exact) mass is 298 g/mol. The number of hydrogen-bond acceptors (Lipinski definition) is 5. The fraction of sp³-hybridized carbons (Fsp3) is 0.176. The van der Waals surface area contributed by atoms with Crippen LogP contribution in [0.2, 0.25) is 0 Å². The van der Waals surface area contributed by atoms with Gasteiger partial charge in [-0.15, -0.1) is 0 Å². The van der Waals surface area contributed by atoms with E-state index in [0.29, 0.717) is 5.75 Å². The van der Waals surface area contributed by atoms with Crippen LogP contribution in [0, 0.1) is 0 Å². The van der Waals surface area contributed by atoms with Crippen LogP contribution in [0.1, 0.15) is 13.8 Å².